The standard InChI is InChI=1S/C17H14ClF3N2O5/c1-26-10-3-4-11(13(6-10)27-2)16(25)28-8-14(24)23-15-12(18)5-9(7-22-15)17(19,20)21/h3-7H,8H2,1-2H3,(H,22,23,24). The molecule has 0 aliphatic rings. The number of aromatic nitrogens is 1. The highest BCUT2D eigenvalue weighted by Gasteiger charge is 2.31. The van der Waals surface area contributed by atoms with Gasteiger partial charge in [-0.15, -0.1) is 0 Å². The number of rotatable bonds is 6. The monoisotopic (exact) mass is 418 g/mol. The van der Waals surface area contributed by atoms with E-state index in [2.05, 4.69) is 10.3 Å². The average Bonchev–Trinajstić information content (AvgIpc) is 2.66. The lowest BCUT2D eigenvalue weighted by atomic mass is 10.2. The van der Waals surface area contributed by atoms with Crippen molar-refractivity contribution in [2.45, 2.75) is 6.18 Å². The van der Waals surface area contributed by atoms with Crippen LogP contribution in [0.2, 0.25) is 5.02 Å². The van der Waals surface area contributed by atoms with Gasteiger partial charge in [0.2, 0.25) is 0 Å². The number of hydrogen-bond acceptors (Lipinski definition) is 6. The first-order valence-corrected chi connectivity index (χ1v) is 7.95. The average molecular weight is 419 g/mol. The molecule has 0 unspecified atom stereocenters. The smallest absolute Gasteiger partial charge is 0.417 e. The van der Waals surface area contributed by atoms with E-state index in [1.165, 1.54) is 32.4 Å². The summed E-state index contributed by atoms with van der Waals surface area (Å²) in [4.78, 5) is 27.4. The molecule has 0 saturated heterocycles. The van der Waals surface area contributed by atoms with Crippen LogP contribution in [0.25, 0.3) is 0 Å². The van der Waals surface area contributed by atoms with Crippen LogP contribution in [0.1, 0.15) is 15.9 Å². The predicted molar refractivity (Wildman–Crippen MR) is 92.7 cm³/mol. The van der Waals surface area contributed by atoms with Gasteiger partial charge in [-0.2, -0.15) is 13.2 Å². The minimum absolute atomic E-state index is 0.0572. The molecule has 0 spiro atoms. The fraction of sp³-hybridized carbons (Fsp3) is 0.235. The van der Waals surface area contributed by atoms with Crippen molar-refractivity contribution in [2.24, 2.45) is 0 Å². The van der Waals surface area contributed by atoms with E-state index in [1.807, 2.05) is 0 Å². The van der Waals surface area contributed by atoms with Crippen molar-refractivity contribution in [1.29, 1.82) is 0 Å². The first kappa shape index (κ1) is 21.3. The van der Waals surface area contributed by atoms with Crippen LogP contribution in [0.15, 0.2) is 30.5 Å². The Morgan fingerprint density at radius 1 is 1.18 bits per heavy atom. The van der Waals surface area contributed by atoms with Gasteiger partial charge in [0.15, 0.2) is 12.4 Å². The third-order valence-corrected chi connectivity index (χ3v) is 3.68. The topological polar surface area (TPSA) is 86.8 Å². The molecular weight excluding hydrogens is 405 g/mol. The van der Waals surface area contributed by atoms with Crippen LogP contribution in [0.3, 0.4) is 0 Å². The largest absolute Gasteiger partial charge is 0.497 e. The zero-order chi connectivity index (χ0) is 20.9. The van der Waals surface area contributed by atoms with Crippen molar-refractivity contribution in [3.63, 3.8) is 0 Å². The molecule has 1 heterocycles. The predicted octanol–water partition coefficient (Wildman–Crippen LogP) is 3.57. The van der Waals surface area contributed by atoms with E-state index < -0.39 is 35.2 Å². The van der Waals surface area contributed by atoms with Crippen molar-refractivity contribution in [3.05, 3.63) is 46.6 Å². The highest BCUT2D eigenvalue weighted by Crippen LogP contribution is 2.32. The molecule has 1 aromatic heterocycles. The fourth-order valence-electron chi connectivity index (χ4n) is 2.03. The molecule has 1 amide bonds. The van der Waals surface area contributed by atoms with Gasteiger partial charge in [-0.3, -0.25) is 4.79 Å². The quantitative estimate of drug-likeness (QED) is 0.722. The Balaban J connectivity index is 2.00. The molecule has 0 aliphatic carbocycles. The molecular formula is C17H14ClF3N2O5. The number of pyridine rings is 1. The zero-order valence-corrected chi connectivity index (χ0v) is 15.4. The number of benzene rings is 1. The third kappa shape index (κ3) is 5.26. The molecule has 1 aromatic carbocycles. The number of halogens is 4. The number of carbonyl (C=O) groups is 2. The number of esters is 1. The molecule has 150 valence electrons. The lowest BCUT2D eigenvalue weighted by molar-refractivity contribution is -0.137. The molecule has 0 radical (unpaired) electrons. The van der Waals surface area contributed by atoms with Gasteiger partial charge < -0.3 is 19.5 Å². The van der Waals surface area contributed by atoms with Crippen molar-refractivity contribution in [2.75, 3.05) is 26.1 Å². The summed E-state index contributed by atoms with van der Waals surface area (Å²) in [6, 6.07) is 4.98. The number of hydrogen-bond donors (Lipinski definition) is 1. The summed E-state index contributed by atoms with van der Waals surface area (Å²) in [7, 11) is 2.79. The summed E-state index contributed by atoms with van der Waals surface area (Å²) >= 11 is 5.69. The highest BCUT2D eigenvalue weighted by atomic mass is 35.5. The van der Waals surface area contributed by atoms with E-state index in [0.29, 0.717) is 18.0 Å². The van der Waals surface area contributed by atoms with E-state index in [9.17, 15) is 22.8 Å². The number of anilines is 1. The normalized spacial score (nSPS) is 10.9. The van der Waals surface area contributed by atoms with Crippen LogP contribution in [-0.4, -0.2) is 37.7 Å². The molecule has 2 aromatic rings. The van der Waals surface area contributed by atoms with Gasteiger partial charge in [0.1, 0.15) is 17.1 Å². The second kappa shape index (κ2) is 8.79. The van der Waals surface area contributed by atoms with Gasteiger partial charge in [0, 0.05) is 12.3 Å². The van der Waals surface area contributed by atoms with Gasteiger partial charge in [0.05, 0.1) is 24.8 Å². The molecule has 11 heteroatoms. The Morgan fingerprint density at radius 3 is 2.46 bits per heavy atom. The van der Waals surface area contributed by atoms with Crippen LogP contribution < -0.4 is 14.8 Å². The Hall–Kier alpha value is -3.01. The summed E-state index contributed by atoms with van der Waals surface area (Å²) in [5.74, 6) is -1.35. The van der Waals surface area contributed by atoms with Crippen LogP contribution in [0.4, 0.5) is 19.0 Å². The molecule has 0 fully saturated rings. The number of carbonyl (C=O) groups excluding carboxylic acids is 2. The molecule has 0 atom stereocenters. The molecule has 28 heavy (non-hydrogen) atoms. The number of alkyl halides is 3. The Bertz CT molecular complexity index is 890. The van der Waals surface area contributed by atoms with Crippen molar-refractivity contribution >= 4 is 29.3 Å². The molecule has 0 aliphatic heterocycles. The summed E-state index contributed by atoms with van der Waals surface area (Å²) in [5, 5.41) is 1.75. The molecule has 0 saturated carbocycles. The summed E-state index contributed by atoms with van der Waals surface area (Å²) in [6.07, 6.45) is -4.10. The van der Waals surface area contributed by atoms with Gasteiger partial charge >= 0.3 is 12.1 Å². The summed E-state index contributed by atoms with van der Waals surface area (Å²) in [6.45, 7) is -0.715. The maximum Gasteiger partial charge on any atom is 0.417 e. The Labute approximate surface area is 162 Å². The van der Waals surface area contributed by atoms with Crippen LogP contribution in [0, 0.1) is 0 Å². The maximum absolute atomic E-state index is 12.6. The SMILES string of the molecule is COc1ccc(C(=O)OCC(=O)Nc2ncc(C(F)(F)F)cc2Cl)c(OC)c1. The summed E-state index contributed by atoms with van der Waals surface area (Å²) in [5.41, 5.74) is -1.00. The first-order valence-electron chi connectivity index (χ1n) is 7.57. The summed E-state index contributed by atoms with van der Waals surface area (Å²) < 4.78 is 52.7. The molecule has 7 nitrogen and oxygen atoms in total. The van der Waals surface area contributed by atoms with E-state index in [4.69, 9.17) is 25.8 Å². The van der Waals surface area contributed by atoms with E-state index in [0.717, 1.165) is 0 Å². The Kier molecular flexibility index (Phi) is 6.68. The fourth-order valence-corrected chi connectivity index (χ4v) is 2.24. The maximum atomic E-state index is 12.6. The van der Waals surface area contributed by atoms with Crippen LogP contribution >= 0.6 is 11.6 Å². The number of amides is 1. The highest BCUT2D eigenvalue weighted by molar-refractivity contribution is 6.33. The second-order valence-corrected chi connectivity index (χ2v) is 5.65. The van der Waals surface area contributed by atoms with Gasteiger partial charge in [-0.1, -0.05) is 11.6 Å². The molecule has 0 bridgehead atoms. The third-order valence-electron chi connectivity index (χ3n) is 3.39. The van der Waals surface area contributed by atoms with Gasteiger partial charge in [0.25, 0.3) is 5.91 Å². The van der Waals surface area contributed by atoms with Crippen LogP contribution in [0.5, 0.6) is 11.5 Å². The number of nitrogens with one attached hydrogen (secondary N) is 1. The number of ether oxygens (including phenoxy) is 3. The van der Waals surface area contributed by atoms with Crippen LogP contribution in [-0.2, 0) is 15.7 Å². The minimum Gasteiger partial charge on any atom is -0.497 e. The van der Waals surface area contributed by atoms with Crippen molar-refractivity contribution < 1.29 is 37.0 Å². The minimum atomic E-state index is -4.62. The molecule has 2 rings (SSSR count). The zero-order valence-electron chi connectivity index (χ0n) is 14.6. The molecule has 1 N–H and O–H groups in total. The second-order valence-electron chi connectivity index (χ2n) is 5.24. The van der Waals surface area contributed by atoms with Gasteiger partial charge in [-0.05, 0) is 18.2 Å². The van der Waals surface area contributed by atoms with E-state index in [1.54, 1.807) is 0 Å². The van der Waals surface area contributed by atoms with Gasteiger partial charge in [-0.25, -0.2) is 9.78 Å². The van der Waals surface area contributed by atoms with E-state index in [-0.39, 0.29) is 17.1 Å². The number of methoxy groups -OCH3 is 2. The lowest BCUT2D eigenvalue weighted by Crippen LogP contribution is -2.22. The van der Waals surface area contributed by atoms with E-state index >= 15 is 0 Å². The van der Waals surface area contributed by atoms with Crippen molar-refractivity contribution in [3.8, 4) is 11.5 Å². The Morgan fingerprint density at radius 2 is 1.89 bits per heavy atom. The first-order chi connectivity index (χ1) is 13.2. The lowest BCUT2D eigenvalue weighted by Gasteiger charge is -2.11. The number of nitrogens with zero attached hydrogens (tertiary/aromatic N) is 1. The van der Waals surface area contributed by atoms with Crippen molar-refractivity contribution in [1.82, 2.24) is 4.98 Å².